The highest BCUT2D eigenvalue weighted by Gasteiger charge is 2.17. The van der Waals surface area contributed by atoms with Crippen molar-refractivity contribution in [1.29, 1.82) is 0 Å². The zero-order valence-electron chi connectivity index (χ0n) is 12.3. The van der Waals surface area contributed by atoms with Crippen molar-refractivity contribution in [3.8, 4) is 0 Å². The summed E-state index contributed by atoms with van der Waals surface area (Å²) in [4.78, 5) is 22.9. The Kier molecular flexibility index (Phi) is 5.33. The molecule has 1 heterocycles. The van der Waals surface area contributed by atoms with E-state index >= 15 is 0 Å². The van der Waals surface area contributed by atoms with Crippen LogP contribution in [0.1, 0.15) is 37.3 Å². The fourth-order valence-electron chi connectivity index (χ4n) is 2.40. The average molecular weight is 290 g/mol. The molecule has 2 rings (SSSR count). The SMILES string of the molecule is CC(O)CCNC(=O)CCCc1ccc2c(c1)CC(=O)N2. The Labute approximate surface area is 124 Å². The van der Waals surface area contributed by atoms with Crippen molar-refractivity contribution < 1.29 is 14.7 Å². The molecule has 0 spiro atoms. The maximum Gasteiger partial charge on any atom is 0.228 e. The number of aryl methyl sites for hydroxylation is 1. The van der Waals surface area contributed by atoms with Crippen molar-refractivity contribution in [3.05, 3.63) is 29.3 Å². The molecule has 1 aromatic rings. The molecular formula is C16H22N2O3. The molecule has 0 bridgehead atoms. The van der Waals surface area contributed by atoms with E-state index in [-0.39, 0.29) is 17.9 Å². The van der Waals surface area contributed by atoms with E-state index < -0.39 is 0 Å². The lowest BCUT2D eigenvalue weighted by molar-refractivity contribution is -0.121. The molecule has 114 valence electrons. The summed E-state index contributed by atoms with van der Waals surface area (Å²) in [6, 6.07) is 5.96. The highest BCUT2D eigenvalue weighted by molar-refractivity contribution is 5.99. The van der Waals surface area contributed by atoms with Crippen LogP contribution in [-0.4, -0.2) is 29.6 Å². The second kappa shape index (κ2) is 7.22. The normalized spacial score (nSPS) is 14.5. The zero-order chi connectivity index (χ0) is 15.2. The number of carbonyl (C=O) groups excluding carboxylic acids is 2. The first kappa shape index (κ1) is 15.5. The van der Waals surface area contributed by atoms with Gasteiger partial charge in [-0.1, -0.05) is 12.1 Å². The van der Waals surface area contributed by atoms with Crippen molar-refractivity contribution in [2.45, 2.75) is 45.1 Å². The zero-order valence-corrected chi connectivity index (χ0v) is 12.3. The molecule has 0 saturated heterocycles. The summed E-state index contributed by atoms with van der Waals surface area (Å²) in [6.07, 6.45) is 2.73. The Morgan fingerprint density at radius 3 is 3.05 bits per heavy atom. The van der Waals surface area contributed by atoms with Gasteiger partial charge < -0.3 is 15.7 Å². The van der Waals surface area contributed by atoms with Crippen molar-refractivity contribution >= 4 is 17.5 Å². The molecule has 1 aromatic carbocycles. The molecule has 0 aromatic heterocycles. The van der Waals surface area contributed by atoms with Crippen molar-refractivity contribution in [2.24, 2.45) is 0 Å². The van der Waals surface area contributed by atoms with Crippen molar-refractivity contribution in [1.82, 2.24) is 5.32 Å². The van der Waals surface area contributed by atoms with Gasteiger partial charge in [0.15, 0.2) is 0 Å². The highest BCUT2D eigenvalue weighted by Crippen LogP contribution is 2.24. The summed E-state index contributed by atoms with van der Waals surface area (Å²) in [5, 5.41) is 14.7. The molecule has 1 atom stereocenters. The molecule has 0 saturated carbocycles. The van der Waals surface area contributed by atoms with E-state index in [4.69, 9.17) is 5.11 Å². The minimum Gasteiger partial charge on any atom is -0.393 e. The Bertz CT molecular complexity index is 526. The number of benzene rings is 1. The van der Waals surface area contributed by atoms with Crippen LogP contribution in [0.15, 0.2) is 18.2 Å². The van der Waals surface area contributed by atoms with Crippen molar-refractivity contribution in [2.75, 3.05) is 11.9 Å². The second-order valence-electron chi connectivity index (χ2n) is 5.56. The Hall–Kier alpha value is -1.88. The molecule has 5 heteroatoms. The van der Waals surface area contributed by atoms with Crippen LogP contribution in [0, 0.1) is 0 Å². The largest absolute Gasteiger partial charge is 0.393 e. The number of nitrogens with one attached hydrogen (secondary N) is 2. The van der Waals surface area contributed by atoms with Gasteiger partial charge in [0.2, 0.25) is 11.8 Å². The van der Waals surface area contributed by atoms with Crippen LogP contribution in [0.3, 0.4) is 0 Å². The van der Waals surface area contributed by atoms with Crippen LogP contribution in [0.2, 0.25) is 0 Å². The minimum absolute atomic E-state index is 0.0219. The third-order valence-electron chi connectivity index (χ3n) is 3.55. The Balaban J connectivity index is 1.70. The molecule has 1 aliphatic rings. The number of aliphatic hydroxyl groups excluding tert-OH is 1. The van der Waals surface area contributed by atoms with E-state index in [1.807, 2.05) is 18.2 Å². The lowest BCUT2D eigenvalue weighted by atomic mass is 10.0. The fourth-order valence-corrected chi connectivity index (χ4v) is 2.40. The summed E-state index contributed by atoms with van der Waals surface area (Å²) < 4.78 is 0. The van der Waals surface area contributed by atoms with E-state index in [0.29, 0.717) is 25.8 Å². The van der Waals surface area contributed by atoms with E-state index in [2.05, 4.69) is 10.6 Å². The molecule has 1 unspecified atom stereocenters. The fraction of sp³-hybridized carbons (Fsp3) is 0.500. The van der Waals surface area contributed by atoms with E-state index in [0.717, 1.165) is 29.7 Å². The third kappa shape index (κ3) is 4.86. The van der Waals surface area contributed by atoms with Crippen LogP contribution in [0.25, 0.3) is 0 Å². The van der Waals surface area contributed by atoms with Gasteiger partial charge in [-0.05, 0) is 43.4 Å². The van der Waals surface area contributed by atoms with Crippen LogP contribution in [0.5, 0.6) is 0 Å². The van der Waals surface area contributed by atoms with E-state index in [1.165, 1.54) is 0 Å². The van der Waals surface area contributed by atoms with Gasteiger partial charge in [-0.3, -0.25) is 9.59 Å². The molecule has 3 N–H and O–H groups in total. The standard InChI is InChI=1S/C16H22N2O3/c1-11(19)7-8-17-15(20)4-2-3-12-5-6-14-13(9-12)10-16(21)18-14/h5-6,9,11,19H,2-4,7-8,10H2,1H3,(H,17,20)(H,18,21). The lowest BCUT2D eigenvalue weighted by Crippen LogP contribution is -2.26. The van der Waals surface area contributed by atoms with Gasteiger partial charge in [0.1, 0.15) is 0 Å². The predicted molar refractivity (Wildman–Crippen MR) is 81.0 cm³/mol. The first-order valence-corrected chi connectivity index (χ1v) is 7.41. The second-order valence-corrected chi connectivity index (χ2v) is 5.56. The predicted octanol–water partition coefficient (Wildman–Crippen LogP) is 1.39. The maximum absolute atomic E-state index is 11.6. The van der Waals surface area contributed by atoms with E-state index in [9.17, 15) is 9.59 Å². The first-order chi connectivity index (χ1) is 10.0. The molecular weight excluding hydrogens is 268 g/mol. The maximum atomic E-state index is 11.6. The number of anilines is 1. The molecule has 0 aliphatic carbocycles. The topological polar surface area (TPSA) is 78.4 Å². The summed E-state index contributed by atoms with van der Waals surface area (Å²) in [5.41, 5.74) is 3.10. The lowest BCUT2D eigenvalue weighted by Gasteiger charge is -2.07. The summed E-state index contributed by atoms with van der Waals surface area (Å²) in [5.74, 6) is 0.0632. The average Bonchev–Trinajstić information content (AvgIpc) is 2.77. The van der Waals surface area contributed by atoms with Crippen LogP contribution < -0.4 is 10.6 Å². The van der Waals surface area contributed by atoms with Gasteiger partial charge >= 0.3 is 0 Å². The van der Waals surface area contributed by atoms with Gasteiger partial charge in [0, 0.05) is 18.7 Å². The number of amides is 2. The number of carbonyl (C=O) groups is 2. The molecule has 0 fully saturated rings. The van der Waals surface area contributed by atoms with Gasteiger partial charge in [0.25, 0.3) is 0 Å². The van der Waals surface area contributed by atoms with Gasteiger partial charge in [0.05, 0.1) is 12.5 Å². The number of rotatable bonds is 7. The van der Waals surface area contributed by atoms with Crippen LogP contribution >= 0.6 is 0 Å². The van der Waals surface area contributed by atoms with Crippen LogP contribution in [-0.2, 0) is 22.4 Å². The third-order valence-corrected chi connectivity index (χ3v) is 3.55. The molecule has 0 radical (unpaired) electrons. The first-order valence-electron chi connectivity index (χ1n) is 7.41. The number of aliphatic hydroxyl groups is 1. The smallest absolute Gasteiger partial charge is 0.228 e. The molecule has 21 heavy (non-hydrogen) atoms. The van der Waals surface area contributed by atoms with Crippen molar-refractivity contribution in [3.63, 3.8) is 0 Å². The number of hydrogen-bond acceptors (Lipinski definition) is 3. The quantitative estimate of drug-likeness (QED) is 0.710. The summed E-state index contributed by atoms with van der Waals surface area (Å²) in [7, 11) is 0. The number of hydrogen-bond donors (Lipinski definition) is 3. The molecule has 2 amide bonds. The monoisotopic (exact) mass is 290 g/mol. The molecule has 5 nitrogen and oxygen atoms in total. The van der Waals surface area contributed by atoms with E-state index in [1.54, 1.807) is 6.92 Å². The van der Waals surface area contributed by atoms with Gasteiger partial charge in [-0.25, -0.2) is 0 Å². The Morgan fingerprint density at radius 2 is 2.29 bits per heavy atom. The molecule has 1 aliphatic heterocycles. The number of fused-ring (bicyclic) bond motifs is 1. The summed E-state index contributed by atoms with van der Waals surface area (Å²) in [6.45, 7) is 2.22. The summed E-state index contributed by atoms with van der Waals surface area (Å²) >= 11 is 0. The van der Waals surface area contributed by atoms with Crippen LogP contribution in [0.4, 0.5) is 5.69 Å². The minimum atomic E-state index is -0.381. The highest BCUT2D eigenvalue weighted by atomic mass is 16.3. The Morgan fingerprint density at radius 1 is 1.48 bits per heavy atom. The van der Waals surface area contributed by atoms with Gasteiger partial charge in [-0.2, -0.15) is 0 Å². The van der Waals surface area contributed by atoms with Gasteiger partial charge in [-0.15, -0.1) is 0 Å².